The summed E-state index contributed by atoms with van der Waals surface area (Å²) in [6.45, 7) is 6.61. The average Bonchev–Trinajstić information content (AvgIpc) is 2.98. The molecule has 0 amide bonds. The molecule has 0 aliphatic carbocycles. The summed E-state index contributed by atoms with van der Waals surface area (Å²) in [5, 5.41) is 4.31. The van der Waals surface area contributed by atoms with E-state index in [0.717, 1.165) is 35.6 Å². The number of unbranched alkanes of at least 4 members (excludes halogenated alkanes) is 1. The van der Waals surface area contributed by atoms with Crippen molar-refractivity contribution in [2.45, 2.75) is 52.5 Å². The third-order valence-electron chi connectivity index (χ3n) is 4.49. The van der Waals surface area contributed by atoms with Crippen LogP contribution in [0, 0.1) is 0 Å². The average molecular weight is 357 g/mol. The Morgan fingerprint density at radius 2 is 2.08 bits per heavy atom. The maximum absolute atomic E-state index is 6.41. The van der Waals surface area contributed by atoms with Crippen molar-refractivity contribution in [3.8, 4) is 11.3 Å². The Hall–Kier alpha value is -2.07. The second-order valence-electron chi connectivity index (χ2n) is 6.42. The van der Waals surface area contributed by atoms with Gasteiger partial charge in [0.15, 0.2) is 0 Å². The standard InChI is InChI=1S/C20H25ClN4/c1-4-6-8-14(3)23-20-19(16-11-12-22-13-17(16)21)24-18-10-7-9-15(5-2)25(18)20/h7,9-14,23H,4-6,8H2,1-3H3. The van der Waals surface area contributed by atoms with Crippen molar-refractivity contribution in [1.82, 2.24) is 14.4 Å². The van der Waals surface area contributed by atoms with Gasteiger partial charge in [-0.1, -0.05) is 44.4 Å². The highest BCUT2D eigenvalue weighted by molar-refractivity contribution is 6.33. The molecule has 0 aliphatic heterocycles. The number of imidazole rings is 1. The molecule has 3 heterocycles. The van der Waals surface area contributed by atoms with E-state index < -0.39 is 0 Å². The number of hydrogen-bond donors (Lipinski definition) is 1. The molecule has 3 aromatic rings. The fourth-order valence-corrected chi connectivity index (χ4v) is 3.35. The first-order valence-electron chi connectivity index (χ1n) is 9.02. The van der Waals surface area contributed by atoms with Crippen LogP contribution >= 0.6 is 11.6 Å². The van der Waals surface area contributed by atoms with E-state index in [1.54, 1.807) is 12.4 Å². The minimum absolute atomic E-state index is 0.365. The molecule has 0 spiro atoms. The van der Waals surface area contributed by atoms with Crippen molar-refractivity contribution in [1.29, 1.82) is 0 Å². The van der Waals surface area contributed by atoms with Crippen LogP contribution in [0.1, 0.15) is 45.7 Å². The lowest BCUT2D eigenvalue weighted by Gasteiger charge is -2.17. The second kappa shape index (κ2) is 7.87. The van der Waals surface area contributed by atoms with Crippen molar-refractivity contribution in [2.24, 2.45) is 0 Å². The van der Waals surface area contributed by atoms with Gasteiger partial charge in [-0.2, -0.15) is 0 Å². The highest BCUT2D eigenvalue weighted by atomic mass is 35.5. The molecule has 3 rings (SSSR count). The normalized spacial score (nSPS) is 12.5. The number of halogens is 1. The van der Waals surface area contributed by atoms with Crippen molar-refractivity contribution in [3.05, 3.63) is 47.4 Å². The number of rotatable bonds is 7. The minimum atomic E-state index is 0.365. The number of nitrogens with one attached hydrogen (secondary N) is 1. The Kier molecular flexibility index (Phi) is 5.59. The number of fused-ring (bicyclic) bond motifs is 1. The second-order valence-corrected chi connectivity index (χ2v) is 6.82. The van der Waals surface area contributed by atoms with Crippen LogP contribution in [0.15, 0.2) is 36.7 Å². The number of nitrogens with zero attached hydrogens (tertiary/aromatic N) is 3. The molecule has 5 heteroatoms. The molecule has 0 saturated carbocycles. The number of aryl methyl sites for hydroxylation is 1. The van der Waals surface area contributed by atoms with Gasteiger partial charge in [0, 0.05) is 29.7 Å². The van der Waals surface area contributed by atoms with E-state index in [2.05, 4.69) is 47.6 Å². The van der Waals surface area contributed by atoms with E-state index in [9.17, 15) is 0 Å². The topological polar surface area (TPSA) is 42.2 Å². The Morgan fingerprint density at radius 1 is 1.24 bits per heavy atom. The maximum Gasteiger partial charge on any atom is 0.139 e. The summed E-state index contributed by atoms with van der Waals surface area (Å²) >= 11 is 6.41. The van der Waals surface area contributed by atoms with Crippen molar-refractivity contribution < 1.29 is 0 Å². The van der Waals surface area contributed by atoms with Gasteiger partial charge < -0.3 is 5.32 Å². The Bertz CT molecular complexity index is 856. The molecule has 25 heavy (non-hydrogen) atoms. The molecule has 1 N–H and O–H groups in total. The van der Waals surface area contributed by atoms with E-state index in [4.69, 9.17) is 16.6 Å². The molecule has 0 aromatic carbocycles. The van der Waals surface area contributed by atoms with Crippen LogP contribution in [0.4, 0.5) is 5.82 Å². The first-order valence-corrected chi connectivity index (χ1v) is 9.40. The van der Waals surface area contributed by atoms with Crippen LogP contribution in [0.3, 0.4) is 0 Å². The Morgan fingerprint density at radius 3 is 2.80 bits per heavy atom. The number of pyridine rings is 2. The number of aromatic nitrogens is 3. The van der Waals surface area contributed by atoms with Gasteiger partial charge in [-0.25, -0.2) is 4.98 Å². The summed E-state index contributed by atoms with van der Waals surface area (Å²) < 4.78 is 2.22. The summed E-state index contributed by atoms with van der Waals surface area (Å²) in [6, 6.07) is 8.54. The quantitative estimate of drug-likeness (QED) is 0.598. The Balaban J connectivity index is 2.15. The zero-order valence-electron chi connectivity index (χ0n) is 15.1. The number of hydrogen-bond acceptors (Lipinski definition) is 3. The molecule has 132 valence electrons. The summed E-state index contributed by atoms with van der Waals surface area (Å²) in [7, 11) is 0. The third kappa shape index (κ3) is 3.64. The van der Waals surface area contributed by atoms with Gasteiger partial charge >= 0.3 is 0 Å². The molecule has 1 unspecified atom stereocenters. The molecular weight excluding hydrogens is 332 g/mol. The predicted molar refractivity (Wildman–Crippen MR) is 105 cm³/mol. The molecule has 0 fully saturated rings. The molecule has 1 atom stereocenters. The van der Waals surface area contributed by atoms with Gasteiger partial charge in [-0.3, -0.25) is 9.38 Å². The lowest BCUT2D eigenvalue weighted by atomic mass is 10.1. The molecule has 0 saturated heterocycles. The highest BCUT2D eigenvalue weighted by Gasteiger charge is 2.19. The zero-order valence-corrected chi connectivity index (χ0v) is 15.8. The van der Waals surface area contributed by atoms with Gasteiger partial charge in [0.1, 0.15) is 17.2 Å². The van der Waals surface area contributed by atoms with Crippen LogP contribution < -0.4 is 5.32 Å². The van der Waals surface area contributed by atoms with Crippen LogP contribution in [0.25, 0.3) is 16.9 Å². The molecule has 0 radical (unpaired) electrons. The largest absolute Gasteiger partial charge is 0.367 e. The zero-order chi connectivity index (χ0) is 17.8. The Labute approximate surface area is 154 Å². The van der Waals surface area contributed by atoms with Crippen LogP contribution in [0.2, 0.25) is 5.02 Å². The first kappa shape index (κ1) is 17.7. The highest BCUT2D eigenvalue weighted by Crippen LogP contribution is 2.34. The maximum atomic E-state index is 6.41. The lowest BCUT2D eigenvalue weighted by Crippen LogP contribution is -2.17. The van der Waals surface area contributed by atoms with Gasteiger partial charge in [-0.15, -0.1) is 0 Å². The van der Waals surface area contributed by atoms with Crippen LogP contribution in [-0.4, -0.2) is 20.4 Å². The first-order chi connectivity index (χ1) is 12.2. The van der Waals surface area contributed by atoms with E-state index in [1.807, 2.05) is 12.1 Å². The van der Waals surface area contributed by atoms with Gasteiger partial charge in [0.05, 0.1) is 5.02 Å². The summed E-state index contributed by atoms with van der Waals surface area (Å²) in [5.41, 5.74) is 3.96. The summed E-state index contributed by atoms with van der Waals surface area (Å²) in [6.07, 6.45) is 7.90. The predicted octanol–water partition coefficient (Wildman–Crippen LogP) is 5.60. The summed E-state index contributed by atoms with van der Waals surface area (Å²) in [4.78, 5) is 8.98. The van der Waals surface area contributed by atoms with Crippen molar-refractivity contribution >= 4 is 23.1 Å². The molecule has 0 aliphatic rings. The molecule has 0 bridgehead atoms. The van der Waals surface area contributed by atoms with E-state index >= 15 is 0 Å². The van der Waals surface area contributed by atoms with Gasteiger partial charge in [0.25, 0.3) is 0 Å². The third-order valence-corrected chi connectivity index (χ3v) is 4.79. The van der Waals surface area contributed by atoms with Gasteiger partial charge in [0.2, 0.25) is 0 Å². The fraction of sp³-hybridized carbons (Fsp3) is 0.400. The fourth-order valence-electron chi connectivity index (χ4n) is 3.14. The lowest BCUT2D eigenvalue weighted by molar-refractivity contribution is 0.642. The number of anilines is 1. The smallest absolute Gasteiger partial charge is 0.139 e. The molecule has 3 aromatic heterocycles. The SMILES string of the molecule is CCCCC(C)Nc1c(-c2ccncc2Cl)nc2cccc(CC)n12. The molecular formula is C20H25ClN4. The van der Waals surface area contributed by atoms with Crippen molar-refractivity contribution in [3.63, 3.8) is 0 Å². The van der Waals surface area contributed by atoms with Gasteiger partial charge in [-0.05, 0) is 38.0 Å². The van der Waals surface area contributed by atoms with E-state index in [-0.39, 0.29) is 0 Å². The van der Waals surface area contributed by atoms with E-state index in [0.29, 0.717) is 11.1 Å². The summed E-state index contributed by atoms with van der Waals surface area (Å²) in [5.74, 6) is 1.02. The van der Waals surface area contributed by atoms with Crippen LogP contribution in [-0.2, 0) is 6.42 Å². The monoisotopic (exact) mass is 356 g/mol. The minimum Gasteiger partial charge on any atom is -0.367 e. The van der Waals surface area contributed by atoms with Crippen molar-refractivity contribution in [2.75, 3.05) is 5.32 Å². The van der Waals surface area contributed by atoms with E-state index in [1.165, 1.54) is 18.5 Å². The molecule has 4 nitrogen and oxygen atoms in total. The van der Waals surface area contributed by atoms with Crippen LogP contribution in [0.5, 0.6) is 0 Å².